The summed E-state index contributed by atoms with van der Waals surface area (Å²) in [6, 6.07) is 8.84. The number of hydrogen-bond donors (Lipinski definition) is 1. The van der Waals surface area contributed by atoms with Gasteiger partial charge in [0.05, 0.1) is 30.3 Å². The number of amides is 1. The van der Waals surface area contributed by atoms with E-state index in [4.69, 9.17) is 4.74 Å². The molecule has 0 unspecified atom stereocenters. The van der Waals surface area contributed by atoms with Crippen molar-refractivity contribution in [2.75, 3.05) is 29.5 Å². The highest BCUT2D eigenvalue weighted by molar-refractivity contribution is 7.99. The summed E-state index contributed by atoms with van der Waals surface area (Å²) < 4.78 is 33.0. The molecule has 1 aromatic carbocycles. The van der Waals surface area contributed by atoms with Gasteiger partial charge >= 0.3 is 0 Å². The van der Waals surface area contributed by atoms with Gasteiger partial charge < -0.3 is 14.6 Å². The SMILES string of the molecule is Cn1c(CN(c2ccccc2)S(C)(=O)=O)nnc1SCC(=O)NC[C@H]1CCCO1. The highest BCUT2D eigenvalue weighted by Crippen LogP contribution is 2.21. The van der Waals surface area contributed by atoms with Crippen LogP contribution in [0.2, 0.25) is 0 Å². The molecule has 11 heteroatoms. The average molecular weight is 440 g/mol. The Kier molecular flexibility index (Phi) is 7.14. The number of hydrogen-bond acceptors (Lipinski definition) is 7. The molecule has 1 aromatic heterocycles. The van der Waals surface area contributed by atoms with Gasteiger partial charge in [-0.05, 0) is 25.0 Å². The molecule has 2 aromatic rings. The summed E-state index contributed by atoms with van der Waals surface area (Å²) in [6.07, 6.45) is 3.26. The number of rotatable bonds is 9. The number of sulfonamides is 1. The molecule has 1 saturated heterocycles. The van der Waals surface area contributed by atoms with E-state index in [2.05, 4.69) is 15.5 Å². The summed E-state index contributed by atoms with van der Waals surface area (Å²) in [6.45, 7) is 1.33. The average Bonchev–Trinajstić information content (AvgIpc) is 3.33. The molecular weight excluding hydrogens is 414 g/mol. The van der Waals surface area contributed by atoms with Crippen molar-refractivity contribution in [1.82, 2.24) is 20.1 Å². The number of thioether (sulfide) groups is 1. The van der Waals surface area contributed by atoms with Crippen LogP contribution in [-0.2, 0) is 33.1 Å². The quantitative estimate of drug-likeness (QED) is 0.585. The minimum Gasteiger partial charge on any atom is -0.376 e. The van der Waals surface area contributed by atoms with Gasteiger partial charge in [0.25, 0.3) is 0 Å². The molecule has 0 radical (unpaired) electrons. The predicted molar refractivity (Wildman–Crippen MR) is 111 cm³/mol. The van der Waals surface area contributed by atoms with Crippen molar-refractivity contribution >= 4 is 33.4 Å². The van der Waals surface area contributed by atoms with Crippen LogP contribution in [-0.4, -0.2) is 60.4 Å². The van der Waals surface area contributed by atoms with E-state index in [0.29, 0.717) is 23.2 Å². The molecule has 1 N–H and O–H groups in total. The van der Waals surface area contributed by atoms with Gasteiger partial charge in [-0.1, -0.05) is 30.0 Å². The lowest BCUT2D eigenvalue weighted by molar-refractivity contribution is -0.119. The van der Waals surface area contributed by atoms with E-state index in [9.17, 15) is 13.2 Å². The maximum atomic E-state index is 12.3. The molecule has 0 saturated carbocycles. The van der Waals surface area contributed by atoms with Gasteiger partial charge in [-0.3, -0.25) is 9.10 Å². The Morgan fingerprint density at radius 1 is 1.34 bits per heavy atom. The minimum absolute atomic E-state index is 0.0537. The van der Waals surface area contributed by atoms with Crippen LogP contribution in [0.25, 0.3) is 0 Å². The number of aromatic nitrogens is 3. The van der Waals surface area contributed by atoms with Crippen LogP contribution < -0.4 is 9.62 Å². The second kappa shape index (κ2) is 9.59. The van der Waals surface area contributed by atoms with Crippen LogP contribution in [0.1, 0.15) is 18.7 Å². The highest BCUT2D eigenvalue weighted by atomic mass is 32.2. The van der Waals surface area contributed by atoms with Gasteiger partial charge in [-0.2, -0.15) is 0 Å². The molecule has 1 aliphatic heterocycles. The summed E-state index contributed by atoms with van der Waals surface area (Å²) in [5, 5.41) is 11.6. The molecule has 1 atom stereocenters. The number of nitrogens with zero attached hydrogens (tertiary/aromatic N) is 4. The van der Waals surface area contributed by atoms with Crippen molar-refractivity contribution in [3.8, 4) is 0 Å². The summed E-state index contributed by atoms with van der Waals surface area (Å²) in [5.41, 5.74) is 0.556. The third kappa shape index (κ3) is 5.94. The van der Waals surface area contributed by atoms with E-state index in [1.807, 2.05) is 6.07 Å². The minimum atomic E-state index is -3.50. The van der Waals surface area contributed by atoms with Crippen molar-refractivity contribution < 1.29 is 17.9 Å². The van der Waals surface area contributed by atoms with E-state index in [1.165, 1.54) is 16.1 Å². The summed E-state index contributed by atoms with van der Waals surface area (Å²) in [5.74, 6) is 0.589. The zero-order valence-corrected chi connectivity index (χ0v) is 18.1. The topological polar surface area (TPSA) is 106 Å². The second-order valence-electron chi connectivity index (χ2n) is 6.79. The number of nitrogens with one attached hydrogen (secondary N) is 1. The standard InChI is InChI=1S/C18H25N5O4S2/c1-22-16(12-23(29(2,25)26)14-7-4-3-5-8-14)20-21-18(22)28-13-17(24)19-11-15-9-6-10-27-15/h3-5,7-8,15H,6,9-13H2,1-2H3,(H,19,24)/t15-/m1/s1. The zero-order valence-electron chi connectivity index (χ0n) is 16.4. The number of para-hydroxylation sites is 1. The molecule has 158 valence electrons. The first-order chi connectivity index (χ1) is 13.8. The smallest absolute Gasteiger partial charge is 0.232 e. The van der Waals surface area contributed by atoms with Gasteiger partial charge in [0.15, 0.2) is 11.0 Å². The van der Waals surface area contributed by atoms with Crippen LogP contribution in [0.5, 0.6) is 0 Å². The lowest BCUT2D eigenvalue weighted by Crippen LogP contribution is -2.33. The van der Waals surface area contributed by atoms with Crippen LogP contribution in [0, 0.1) is 0 Å². The summed E-state index contributed by atoms with van der Waals surface area (Å²) >= 11 is 1.26. The fraction of sp³-hybridized carbons (Fsp3) is 0.500. The van der Waals surface area contributed by atoms with Crippen LogP contribution in [0.3, 0.4) is 0 Å². The fourth-order valence-electron chi connectivity index (χ4n) is 2.95. The third-order valence-electron chi connectivity index (χ3n) is 4.54. The van der Waals surface area contributed by atoms with Gasteiger partial charge in [0, 0.05) is 20.2 Å². The molecule has 1 fully saturated rings. The van der Waals surface area contributed by atoms with Crippen LogP contribution >= 0.6 is 11.8 Å². The maximum absolute atomic E-state index is 12.3. The summed E-state index contributed by atoms with van der Waals surface area (Å²) in [7, 11) is -1.74. The van der Waals surface area contributed by atoms with E-state index in [-0.39, 0.29) is 24.3 Å². The van der Waals surface area contributed by atoms with Crippen molar-refractivity contribution in [3.63, 3.8) is 0 Å². The molecule has 0 aliphatic carbocycles. The number of carbonyl (C=O) groups excluding carboxylic acids is 1. The van der Waals surface area contributed by atoms with E-state index >= 15 is 0 Å². The molecule has 0 bridgehead atoms. The predicted octanol–water partition coefficient (Wildman–Crippen LogP) is 1.17. The number of anilines is 1. The Labute approximate surface area is 174 Å². The van der Waals surface area contributed by atoms with Gasteiger partial charge in [0.1, 0.15) is 0 Å². The molecule has 9 nitrogen and oxygen atoms in total. The van der Waals surface area contributed by atoms with E-state index < -0.39 is 10.0 Å². The molecule has 1 aliphatic rings. The van der Waals surface area contributed by atoms with Crippen molar-refractivity contribution in [2.45, 2.75) is 30.6 Å². The first-order valence-corrected chi connectivity index (χ1v) is 12.1. The first-order valence-electron chi connectivity index (χ1n) is 9.26. The largest absolute Gasteiger partial charge is 0.376 e. The van der Waals surface area contributed by atoms with Gasteiger partial charge in [0.2, 0.25) is 15.9 Å². The lowest BCUT2D eigenvalue weighted by atomic mass is 10.2. The Morgan fingerprint density at radius 2 is 2.10 bits per heavy atom. The maximum Gasteiger partial charge on any atom is 0.232 e. The van der Waals surface area contributed by atoms with Crippen molar-refractivity contribution in [3.05, 3.63) is 36.2 Å². The molecular formula is C18H25N5O4S2. The highest BCUT2D eigenvalue weighted by Gasteiger charge is 2.22. The Hall–Kier alpha value is -2.11. The van der Waals surface area contributed by atoms with Crippen molar-refractivity contribution in [1.29, 1.82) is 0 Å². The second-order valence-corrected chi connectivity index (χ2v) is 9.64. The van der Waals surface area contributed by atoms with Gasteiger partial charge in [-0.25, -0.2) is 8.42 Å². The fourth-order valence-corrected chi connectivity index (χ4v) is 4.56. The zero-order chi connectivity index (χ0) is 20.9. The van der Waals surface area contributed by atoms with Gasteiger partial charge in [-0.15, -0.1) is 10.2 Å². The molecule has 3 rings (SSSR count). The Bertz CT molecular complexity index is 927. The summed E-state index contributed by atoms with van der Waals surface area (Å²) in [4.78, 5) is 12.1. The number of carbonyl (C=O) groups is 1. The van der Waals surface area contributed by atoms with Crippen LogP contribution in [0.15, 0.2) is 35.5 Å². The van der Waals surface area contributed by atoms with E-state index in [0.717, 1.165) is 25.7 Å². The third-order valence-corrected chi connectivity index (χ3v) is 6.70. The molecule has 2 heterocycles. The molecule has 1 amide bonds. The monoisotopic (exact) mass is 439 g/mol. The molecule has 29 heavy (non-hydrogen) atoms. The van der Waals surface area contributed by atoms with E-state index in [1.54, 1.807) is 35.9 Å². The van der Waals surface area contributed by atoms with Crippen molar-refractivity contribution in [2.24, 2.45) is 7.05 Å². The first kappa shape index (κ1) is 21.6. The Balaban J connectivity index is 1.60. The molecule has 0 spiro atoms. The lowest BCUT2D eigenvalue weighted by Gasteiger charge is -2.21. The Morgan fingerprint density at radius 3 is 2.76 bits per heavy atom. The van der Waals surface area contributed by atoms with Crippen LogP contribution in [0.4, 0.5) is 5.69 Å². The number of ether oxygens (including phenoxy) is 1. The normalized spacial score (nSPS) is 16.7. The number of benzene rings is 1.